The van der Waals surface area contributed by atoms with Crippen molar-refractivity contribution in [3.05, 3.63) is 35.4 Å². The fourth-order valence-electron chi connectivity index (χ4n) is 1.88. The van der Waals surface area contributed by atoms with Crippen LogP contribution in [0.4, 0.5) is 0 Å². The van der Waals surface area contributed by atoms with Gasteiger partial charge in [0.25, 0.3) is 0 Å². The summed E-state index contributed by atoms with van der Waals surface area (Å²) in [5.41, 5.74) is 5.39. The van der Waals surface area contributed by atoms with Crippen LogP contribution in [0.5, 0.6) is 0 Å². The first-order valence-electron chi connectivity index (χ1n) is 4.37. The van der Waals surface area contributed by atoms with Gasteiger partial charge in [-0.3, -0.25) is 5.84 Å². The van der Waals surface area contributed by atoms with E-state index in [1.54, 1.807) is 0 Å². The fraction of sp³-hybridized carbons (Fsp3) is 0.273. The number of nitrogens with one attached hydrogen (secondary N) is 1. The molecule has 0 aromatic heterocycles. The molecule has 1 aromatic rings. The van der Waals surface area contributed by atoms with Crippen molar-refractivity contribution in [2.45, 2.75) is 18.4 Å². The van der Waals surface area contributed by atoms with E-state index in [4.69, 9.17) is 12.3 Å². The molecule has 2 heteroatoms. The second-order valence-corrected chi connectivity index (χ2v) is 3.32. The fourth-order valence-corrected chi connectivity index (χ4v) is 1.88. The van der Waals surface area contributed by atoms with E-state index < -0.39 is 0 Å². The quantitative estimate of drug-likeness (QED) is 0.393. The first-order valence-corrected chi connectivity index (χ1v) is 4.37. The molecule has 0 aliphatic heterocycles. The summed E-state index contributed by atoms with van der Waals surface area (Å²) in [5, 5.41) is 0. The van der Waals surface area contributed by atoms with Crippen molar-refractivity contribution in [1.82, 2.24) is 5.43 Å². The minimum atomic E-state index is -0.0325. The molecule has 1 aromatic carbocycles. The lowest BCUT2D eigenvalue weighted by Gasteiger charge is -2.33. The van der Waals surface area contributed by atoms with Crippen LogP contribution in [0, 0.1) is 12.3 Å². The van der Waals surface area contributed by atoms with E-state index in [0.29, 0.717) is 5.92 Å². The first kappa shape index (κ1) is 8.31. The van der Waals surface area contributed by atoms with Crippen molar-refractivity contribution < 1.29 is 0 Å². The average Bonchev–Trinajstić information content (AvgIpc) is 2.14. The average molecular weight is 172 g/mol. The van der Waals surface area contributed by atoms with Gasteiger partial charge in [0.15, 0.2) is 0 Å². The maximum Gasteiger partial charge on any atom is 0.0886 e. The van der Waals surface area contributed by atoms with Crippen LogP contribution in [0.15, 0.2) is 24.3 Å². The molecule has 0 saturated heterocycles. The van der Waals surface area contributed by atoms with E-state index in [1.165, 1.54) is 11.1 Å². The number of terminal acetylenes is 1. The van der Waals surface area contributed by atoms with Gasteiger partial charge >= 0.3 is 0 Å². The number of nitrogens with two attached hydrogens (primary N) is 1. The summed E-state index contributed by atoms with van der Waals surface area (Å²) in [6, 6.07) is 8.31. The van der Waals surface area contributed by atoms with Crippen LogP contribution in [-0.4, -0.2) is 6.04 Å². The molecule has 0 amide bonds. The second-order valence-electron chi connectivity index (χ2n) is 3.32. The Morgan fingerprint density at radius 1 is 1.54 bits per heavy atom. The Hall–Kier alpha value is -1.30. The van der Waals surface area contributed by atoms with Crippen LogP contribution in [-0.2, 0) is 6.42 Å². The third-order valence-electron chi connectivity index (χ3n) is 2.66. The number of benzene rings is 1. The molecule has 2 atom stereocenters. The van der Waals surface area contributed by atoms with Gasteiger partial charge < -0.3 is 0 Å². The Kier molecular flexibility index (Phi) is 2.05. The SMILES string of the molecule is C#CC(NN)C1Cc2ccccc21. The van der Waals surface area contributed by atoms with Gasteiger partial charge in [0.05, 0.1) is 6.04 Å². The molecule has 2 rings (SSSR count). The van der Waals surface area contributed by atoms with Crippen molar-refractivity contribution in [3.63, 3.8) is 0 Å². The van der Waals surface area contributed by atoms with Gasteiger partial charge in [-0.1, -0.05) is 30.2 Å². The lowest BCUT2D eigenvalue weighted by molar-refractivity contribution is 0.480. The van der Waals surface area contributed by atoms with E-state index in [1.807, 2.05) is 6.07 Å². The van der Waals surface area contributed by atoms with Crippen LogP contribution in [0.25, 0.3) is 0 Å². The number of rotatable bonds is 2. The maximum absolute atomic E-state index is 5.36. The predicted octanol–water partition coefficient (Wildman–Crippen LogP) is 0.791. The summed E-state index contributed by atoms with van der Waals surface area (Å²) in [6.07, 6.45) is 6.40. The van der Waals surface area contributed by atoms with Crippen molar-refractivity contribution in [3.8, 4) is 12.3 Å². The molecule has 0 bridgehead atoms. The summed E-state index contributed by atoms with van der Waals surface area (Å²) in [5.74, 6) is 8.41. The van der Waals surface area contributed by atoms with Crippen LogP contribution < -0.4 is 11.3 Å². The molecule has 2 nitrogen and oxygen atoms in total. The molecule has 3 N–H and O–H groups in total. The van der Waals surface area contributed by atoms with Gasteiger partial charge in [-0.15, -0.1) is 6.42 Å². The van der Waals surface area contributed by atoms with Gasteiger partial charge in [-0.25, -0.2) is 5.43 Å². The molecule has 0 fully saturated rings. The molecule has 66 valence electrons. The molecule has 1 aliphatic carbocycles. The molecule has 0 saturated carbocycles. The zero-order chi connectivity index (χ0) is 9.26. The highest BCUT2D eigenvalue weighted by molar-refractivity contribution is 5.42. The van der Waals surface area contributed by atoms with E-state index in [9.17, 15) is 0 Å². The first-order chi connectivity index (χ1) is 6.36. The molecule has 0 radical (unpaired) electrons. The highest BCUT2D eigenvalue weighted by atomic mass is 15.2. The Morgan fingerprint density at radius 2 is 2.31 bits per heavy atom. The largest absolute Gasteiger partial charge is 0.270 e. The van der Waals surface area contributed by atoms with Crippen LogP contribution >= 0.6 is 0 Å². The third-order valence-corrected chi connectivity index (χ3v) is 2.66. The van der Waals surface area contributed by atoms with Crippen LogP contribution in [0.2, 0.25) is 0 Å². The van der Waals surface area contributed by atoms with E-state index in [-0.39, 0.29) is 6.04 Å². The highest BCUT2D eigenvalue weighted by Crippen LogP contribution is 2.36. The Bertz CT molecular complexity index is 351. The van der Waals surface area contributed by atoms with Crippen molar-refractivity contribution >= 4 is 0 Å². The zero-order valence-electron chi connectivity index (χ0n) is 7.33. The summed E-state index contributed by atoms with van der Waals surface area (Å²) < 4.78 is 0. The minimum Gasteiger partial charge on any atom is -0.270 e. The molecule has 2 unspecified atom stereocenters. The van der Waals surface area contributed by atoms with E-state index >= 15 is 0 Å². The molecule has 13 heavy (non-hydrogen) atoms. The van der Waals surface area contributed by atoms with Crippen molar-refractivity contribution in [2.24, 2.45) is 5.84 Å². The standard InChI is InChI=1S/C11H12N2/c1-2-11(13-12)10-7-8-5-3-4-6-9(8)10/h1,3-6,10-11,13H,7,12H2. The van der Waals surface area contributed by atoms with Gasteiger partial charge in [0.2, 0.25) is 0 Å². The molecule has 1 aliphatic rings. The van der Waals surface area contributed by atoms with Crippen LogP contribution in [0.3, 0.4) is 0 Å². The smallest absolute Gasteiger partial charge is 0.0886 e. The van der Waals surface area contributed by atoms with Gasteiger partial charge in [0.1, 0.15) is 0 Å². The molecule has 0 heterocycles. The summed E-state index contributed by atoms with van der Waals surface area (Å²) in [6.45, 7) is 0. The van der Waals surface area contributed by atoms with Gasteiger partial charge in [-0.05, 0) is 17.5 Å². The Balaban J connectivity index is 2.22. The number of hydrogen-bond donors (Lipinski definition) is 2. The predicted molar refractivity (Wildman–Crippen MR) is 52.8 cm³/mol. The number of fused-ring (bicyclic) bond motifs is 1. The molecular weight excluding hydrogens is 160 g/mol. The van der Waals surface area contributed by atoms with Crippen LogP contribution in [0.1, 0.15) is 17.0 Å². The monoisotopic (exact) mass is 172 g/mol. The third kappa shape index (κ3) is 1.23. The maximum atomic E-state index is 5.36. The zero-order valence-corrected chi connectivity index (χ0v) is 7.33. The molecule has 0 spiro atoms. The van der Waals surface area contributed by atoms with Crippen molar-refractivity contribution in [2.75, 3.05) is 0 Å². The Morgan fingerprint density at radius 3 is 2.92 bits per heavy atom. The lowest BCUT2D eigenvalue weighted by Crippen LogP contribution is -2.42. The number of hydrazine groups is 1. The normalized spacial score (nSPS) is 21.1. The summed E-state index contributed by atoms with van der Waals surface area (Å²) >= 11 is 0. The Labute approximate surface area is 78.1 Å². The minimum absolute atomic E-state index is 0.0325. The lowest BCUT2D eigenvalue weighted by atomic mass is 9.74. The topological polar surface area (TPSA) is 38.0 Å². The summed E-state index contributed by atoms with van der Waals surface area (Å²) in [4.78, 5) is 0. The number of hydrogen-bond acceptors (Lipinski definition) is 2. The molecular formula is C11H12N2. The second kappa shape index (κ2) is 3.21. The van der Waals surface area contributed by atoms with Crippen molar-refractivity contribution in [1.29, 1.82) is 0 Å². The van der Waals surface area contributed by atoms with E-state index in [0.717, 1.165) is 6.42 Å². The highest BCUT2D eigenvalue weighted by Gasteiger charge is 2.30. The summed E-state index contributed by atoms with van der Waals surface area (Å²) in [7, 11) is 0. The van der Waals surface area contributed by atoms with E-state index in [2.05, 4.69) is 29.5 Å². The van der Waals surface area contributed by atoms with Gasteiger partial charge in [-0.2, -0.15) is 0 Å². The van der Waals surface area contributed by atoms with Gasteiger partial charge in [0, 0.05) is 5.92 Å².